The van der Waals surface area contributed by atoms with Crippen LogP contribution in [0.3, 0.4) is 0 Å². The second kappa shape index (κ2) is 7.30. The molecule has 1 nitrogen and oxygen atoms in total. The van der Waals surface area contributed by atoms with E-state index < -0.39 is 0 Å². The lowest BCUT2D eigenvalue weighted by Gasteiger charge is -2.11. The van der Waals surface area contributed by atoms with Gasteiger partial charge in [0.1, 0.15) is 0 Å². The lowest BCUT2D eigenvalue weighted by molar-refractivity contribution is 0.103. The molecule has 3 aromatic rings. The molecule has 0 saturated carbocycles. The van der Waals surface area contributed by atoms with Crippen molar-refractivity contribution in [2.45, 2.75) is 23.1 Å². The third-order valence-electron chi connectivity index (χ3n) is 3.74. The summed E-state index contributed by atoms with van der Waals surface area (Å²) in [5.41, 5.74) is 2.79. The van der Waals surface area contributed by atoms with Gasteiger partial charge in [0.15, 0.2) is 5.78 Å². The SMILES string of the molecule is CCc1ccccc1Sc1ccccc1C(=O)c1ccccc1. The average Bonchev–Trinajstić information content (AvgIpc) is 2.63. The minimum absolute atomic E-state index is 0.0719. The highest BCUT2D eigenvalue weighted by Crippen LogP contribution is 2.33. The Morgan fingerprint density at radius 1 is 0.783 bits per heavy atom. The van der Waals surface area contributed by atoms with E-state index in [4.69, 9.17) is 0 Å². The molecule has 0 unspecified atom stereocenters. The Kier molecular flexibility index (Phi) is 4.94. The minimum atomic E-state index is 0.0719. The number of aryl methyl sites for hydroxylation is 1. The molecule has 0 fully saturated rings. The molecule has 0 heterocycles. The van der Waals surface area contributed by atoms with Gasteiger partial charge in [-0.2, -0.15) is 0 Å². The van der Waals surface area contributed by atoms with E-state index in [-0.39, 0.29) is 5.78 Å². The number of carbonyl (C=O) groups excluding carboxylic acids is 1. The molecular weight excluding hydrogens is 300 g/mol. The highest BCUT2D eigenvalue weighted by Gasteiger charge is 2.14. The van der Waals surface area contributed by atoms with Crippen LogP contribution in [0.4, 0.5) is 0 Å². The molecule has 0 aromatic heterocycles. The van der Waals surface area contributed by atoms with Crippen molar-refractivity contribution in [1.82, 2.24) is 0 Å². The highest BCUT2D eigenvalue weighted by atomic mass is 32.2. The summed E-state index contributed by atoms with van der Waals surface area (Å²) in [6, 6.07) is 25.7. The number of hydrogen-bond acceptors (Lipinski definition) is 2. The van der Waals surface area contributed by atoms with Crippen molar-refractivity contribution in [3.63, 3.8) is 0 Å². The van der Waals surface area contributed by atoms with Gasteiger partial charge in [-0.15, -0.1) is 0 Å². The van der Waals surface area contributed by atoms with E-state index in [2.05, 4.69) is 25.1 Å². The van der Waals surface area contributed by atoms with Crippen LogP contribution in [0.5, 0.6) is 0 Å². The molecule has 0 bridgehead atoms. The summed E-state index contributed by atoms with van der Waals surface area (Å²) in [4.78, 5) is 15.0. The molecule has 0 saturated heterocycles. The number of benzene rings is 3. The maximum atomic E-state index is 12.8. The molecule has 3 aromatic carbocycles. The third kappa shape index (κ3) is 3.54. The van der Waals surface area contributed by atoms with Crippen LogP contribution in [0.25, 0.3) is 0 Å². The molecule has 0 aliphatic rings. The fourth-order valence-corrected chi connectivity index (χ4v) is 3.65. The molecule has 0 atom stereocenters. The average molecular weight is 318 g/mol. The first-order valence-electron chi connectivity index (χ1n) is 7.74. The van der Waals surface area contributed by atoms with Gasteiger partial charge >= 0.3 is 0 Å². The Hall–Kier alpha value is -2.32. The summed E-state index contributed by atoms with van der Waals surface area (Å²) in [5, 5.41) is 0. The summed E-state index contributed by atoms with van der Waals surface area (Å²) in [6.45, 7) is 2.15. The van der Waals surface area contributed by atoms with Crippen molar-refractivity contribution in [3.8, 4) is 0 Å². The summed E-state index contributed by atoms with van der Waals surface area (Å²) in [7, 11) is 0. The maximum absolute atomic E-state index is 12.8. The van der Waals surface area contributed by atoms with Gasteiger partial charge in [-0.05, 0) is 30.2 Å². The summed E-state index contributed by atoms with van der Waals surface area (Å²) >= 11 is 1.67. The van der Waals surface area contributed by atoms with Crippen molar-refractivity contribution in [2.75, 3.05) is 0 Å². The third-order valence-corrected chi connectivity index (χ3v) is 4.94. The summed E-state index contributed by atoms with van der Waals surface area (Å²) < 4.78 is 0. The zero-order valence-corrected chi connectivity index (χ0v) is 13.8. The van der Waals surface area contributed by atoms with Crippen LogP contribution >= 0.6 is 11.8 Å². The van der Waals surface area contributed by atoms with Gasteiger partial charge in [-0.1, -0.05) is 79.3 Å². The molecule has 0 spiro atoms. The molecular formula is C21H18OS. The Morgan fingerprint density at radius 2 is 1.39 bits per heavy atom. The van der Waals surface area contributed by atoms with E-state index in [1.807, 2.05) is 60.7 Å². The molecule has 0 aliphatic carbocycles. The van der Waals surface area contributed by atoms with Gasteiger partial charge < -0.3 is 0 Å². The predicted octanol–water partition coefficient (Wildman–Crippen LogP) is 5.63. The van der Waals surface area contributed by atoms with Gasteiger partial charge in [0.25, 0.3) is 0 Å². The van der Waals surface area contributed by atoms with Gasteiger partial charge in [-0.25, -0.2) is 0 Å². The minimum Gasteiger partial charge on any atom is -0.289 e. The molecule has 0 amide bonds. The highest BCUT2D eigenvalue weighted by molar-refractivity contribution is 7.99. The van der Waals surface area contributed by atoms with Gasteiger partial charge in [0.05, 0.1) is 0 Å². The van der Waals surface area contributed by atoms with E-state index in [0.717, 1.165) is 22.4 Å². The van der Waals surface area contributed by atoms with Gasteiger partial charge in [-0.3, -0.25) is 4.79 Å². The van der Waals surface area contributed by atoms with Gasteiger partial charge in [0.2, 0.25) is 0 Å². The number of rotatable bonds is 5. The quantitative estimate of drug-likeness (QED) is 0.567. The van der Waals surface area contributed by atoms with Crippen molar-refractivity contribution in [2.24, 2.45) is 0 Å². The standard InChI is InChI=1S/C21H18OS/c1-2-16-10-6-8-14-19(16)23-20-15-9-7-13-18(20)21(22)17-11-4-3-5-12-17/h3-15H,2H2,1H3. The topological polar surface area (TPSA) is 17.1 Å². The van der Waals surface area contributed by atoms with Crippen LogP contribution < -0.4 is 0 Å². The Balaban J connectivity index is 1.97. The number of carbonyl (C=O) groups is 1. The normalized spacial score (nSPS) is 10.5. The lowest BCUT2D eigenvalue weighted by Crippen LogP contribution is -2.02. The van der Waals surface area contributed by atoms with Crippen molar-refractivity contribution in [1.29, 1.82) is 0 Å². The molecule has 2 heteroatoms. The largest absolute Gasteiger partial charge is 0.289 e. The summed E-state index contributed by atoms with van der Waals surface area (Å²) in [5.74, 6) is 0.0719. The Morgan fingerprint density at radius 3 is 2.13 bits per heavy atom. The zero-order valence-electron chi connectivity index (χ0n) is 13.0. The monoisotopic (exact) mass is 318 g/mol. The maximum Gasteiger partial charge on any atom is 0.194 e. The number of ketones is 1. The smallest absolute Gasteiger partial charge is 0.194 e. The molecule has 0 N–H and O–H groups in total. The van der Waals surface area contributed by atoms with Crippen LogP contribution in [0.1, 0.15) is 28.4 Å². The van der Waals surface area contributed by atoms with E-state index in [0.29, 0.717) is 0 Å². The molecule has 23 heavy (non-hydrogen) atoms. The van der Waals surface area contributed by atoms with E-state index >= 15 is 0 Å². The number of hydrogen-bond donors (Lipinski definition) is 0. The van der Waals surface area contributed by atoms with Gasteiger partial charge in [0, 0.05) is 20.9 Å². The molecule has 0 radical (unpaired) electrons. The second-order valence-electron chi connectivity index (χ2n) is 5.25. The Labute approximate surface area is 141 Å². The predicted molar refractivity (Wildman–Crippen MR) is 96.3 cm³/mol. The molecule has 114 valence electrons. The summed E-state index contributed by atoms with van der Waals surface area (Å²) in [6.07, 6.45) is 0.984. The molecule has 0 aliphatic heterocycles. The van der Waals surface area contributed by atoms with Crippen LogP contribution in [-0.4, -0.2) is 5.78 Å². The van der Waals surface area contributed by atoms with E-state index in [9.17, 15) is 4.79 Å². The van der Waals surface area contributed by atoms with Crippen LogP contribution in [0.2, 0.25) is 0 Å². The van der Waals surface area contributed by atoms with Crippen LogP contribution in [0.15, 0.2) is 88.7 Å². The Bertz CT molecular complexity index is 809. The zero-order chi connectivity index (χ0) is 16.1. The lowest BCUT2D eigenvalue weighted by atomic mass is 10.0. The van der Waals surface area contributed by atoms with Crippen molar-refractivity contribution in [3.05, 3.63) is 95.6 Å². The van der Waals surface area contributed by atoms with Crippen molar-refractivity contribution >= 4 is 17.5 Å². The first-order chi connectivity index (χ1) is 11.3. The fraction of sp³-hybridized carbons (Fsp3) is 0.0952. The fourth-order valence-electron chi connectivity index (χ4n) is 2.50. The first-order valence-corrected chi connectivity index (χ1v) is 8.55. The van der Waals surface area contributed by atoms with Crippen LogP contribution in [0, 0.1) is 0 Å². The van der Waals surface area contributed by atoms with Crippen LogP contribution in [-0.2, 0) is 6.42 Å². The molecule has 3 rings (SSSR count). The van der Waals surface area contributed by atoms with E-state index in [1.54, 1.807) is 11.8 Å². The van der Waals surface area contributed by atoms with Crippen molar-refractivity contribution < 1.29 is 4.79 Å². The first kappa shape index (κ1) is 15.6. The second-order valence-corrected chi connectivity index (χ2v) is 6.34. The van der Waals surface area contributed by atoms with E-state index in [1.165, 1.54) is 10.5 Å².